The number of nitrogens with two attached hydrogens (primary N) is 1. The van der Waals surface area contributed by atoms with Crippen LogP contribution in [0.4, 0.5) is 5.82 Å². The van der Waals surface area contributed by atoms with Crippen LogP contribution in [-0.4, -0.2) is 56.9 Å². The van der Waals surface area contributed by atoms with Gasteiger partial charge in [-0.3, -0.25) is 4.57 Å². The van der Waals surface area contributed by atoms with Crippen LogP contribution < -0.4 is 11.4 Å². The van der Waals surface area contributed by atoms with Crippen LogP contribution in [0.1, 0.15) is 6.23 Å². The quantitative estimate of drug-likeness (QED) is 0.579. The van der Waals surface area contributed by atoms with Gasteiger partial charge in [0.1, 0.15) is 24.1 Å². The minimum atomic E-state index is -1.03. The monoisotopic (exact) mass is 303 g/mol. The number of thioether (sulfide) groups is 1. The predicted molar refractivity (Wildman–Crippen MR) is 73.2 cm³/mol. The van der Waals surface area contributed by atoms with Crippen LogP contribution in [0.25, 0.3) is 0 Å². The topological polar surface area (TPSA) is 120 Å². The normalized spacial score (nSPS) is 29.8. The zero-order valence-electron chi connectivity index (χ0n) is 10.9. The van der Waals surface area contributed by atoms with Gasteiger partial charge >= 0.3 is 5.69 Å². The number of nitrogen functional groups attached to an aromatic ring is 1. The fraction of sp³-hybridized carbons (Fsp3) is 0.636. The lowest BCUT2D eigenvalue weighted by atomic mass is 10.1. The Hall–Kier alpha value is -1.13. The molecule has 1 fully saturated rings. The third-order valence-electron chi connectivity index (χ3n) is 3.00. The molecular formula is C11H17N3O5S. The smallest absolute Gasteiger partial charge is 0.351 e. The lowest BCUT2D eigenvalue weighted by Crippen LogP contribution is -2.38. The van der Waals surface area contributed by atoms with Crippen LogP contribution in [0, 0.1) is 0 Å². The molecule has 0 saturated carbocycles. The molecule has 0 bridgehead atoms. The molecule has 0 spiro atoms. The van der Waals surface area contributed by atoms with Crippen molar-refractivity contribution >= 4 is 17.6 Å². The Kier molecular flexibility index (Phi) is 5.00. The van der Waals surface area contributed by atoms with Gasteiger partial charge in [0.25, 0.3) is 0 Å². The molecule has 112 valence electrons. The average molecular weight is 303 g/mol. The molecule has 20 heavy (non-hydrogen) atoms. The molecule has 9 heteroatoms. The predicted octanol–water partition coefficient (Wildman–Crippen LogP) is -1.22. The fourth-order valence-corrected chi connectivity index (χ4v) is 2.33. The summed E-state index contributed by atoms with van der Waals surface area (Å²) in [4.78, 5) is 15.4. The first-order valence-electron chi connectivity index (χ1n) is 5.98. The maximum absolute atomic E-state index is 11.8. The third-order valence-corrected chi connectivity index (χ3v) is 3.37. The molecule has 2 heterocycles. The van der Waals surface area contributed by atoms with Crippen molar-refractivity contribution in [2.75, 3.05) is 24.5 Å². The van der Waals surface area contributed by atoms with Crippen molar-refractivity contribution in [1.82, 2.24) is 9.55 Å². The van der Waals surface area contributed by atoms with Crippen molar-refractivity contribution in [2.24, 2.45) is 0 Å². The van der Waals surface area contributed by atoms with Crippen LogP contribution in [-0.2, 0) is 9.47 Å². The molecule has 4 unspecified atom stereocenters. The van der Waals surface area contributed by atoms with E-state index in [0.717, 1.165) is 0 Å². The number of hydrogen-bond acceptors (Lipinski definition) is 8. The lowest BCUT2D eigenvalue weighted by Gasteiger charge is -2.21. The van der Waals surface area contributed by atoms with Crippen LogP contribution in [0.2, 0.25) is 0 Å². The molecule has 1 aliphatic rings. The Morgan fingerprint density at radius 3 is 3.00 bits per heavy atom. The molecule has 4 atom stereocenters. The molecule has 8 nitrogen and oxygen atoms in total. The Morgan fingerprint density at radius 2 is 2.40 bits per heavy atom. The van der Waals surface area contributed by atoms with E-state index in [2.05, 4.69) is 4.98 Å². The number of aromatic nitrogens is 2. The standard InChI is InChI=1S/C11H17N3O5S/c1-20-5-18-9-8(16)6(4-15)19-10(9)14-3-2-7(12)13-11(14)17/h2-3,6,8-10,15-16H,4-5H2,1H3,(H2,12,13,17). The number of aliphatic hydroxyl groups is 2. The lowest BCUT2D eigenvalue weighted by molar-refractivity contribution is -0.0648. The highest BCUT2D eigenvalue weighted by Gasteiger charge is 2.45. The van der Waals surface area contributed by atoms with Crippen LogP contribution in [0.5, 0.6) is 0 Å². The van der Waals surface area contributed by atoms with Gasteiger partial charge in [-0.15, -0.1) is 11.8 Å². The molecule has 0 amide bonds. The van der Waals surface area contributed by atoms with Crippen molar-refractivity contribution in [2.45, 2.75) is 24.5 Å². The number of nitrogens with zero attached hydrogens (tertiary/aromatic N) is 2. The van der Waals surface area contributed by atoms with E-state index in [4.69, 9.17) is 15.2 Å². The minimum Gasteiger partial charge on any atom is -0.394 e. The van der Waals surface area contributed by atoms with Crippen molar-refractivity contribution < 1.29 is 19.7 Å². The zero-order chi connectivity index (χ0) is 14.7. The van der Waals surface area contributed by atoms with E-state index in [1.165, 1.54) is 28.6 Å². The van der Waals surface area contributed by atoms with Gasteiger partial charge in [-0.25, -0.2) is 4.79 Å². The molecule has 4 N–H and O–H groups in total. The van der Waals surface area contributed by atoms with E-state index < -0.39 is 30.2 Å². The second kappa shape index (κ2) is 6.55. The van der Waals surface area contributed by atoms with Crippen LogP contribution >= 0.6 is 11.8 Å². The van der Waals surface area contributed by atoms with Crippen molar-refractivity contribution in [3.8, 4) is 0 Å². The molecular weight excluding hydrogens is 286 g/mol. The van der Waals surface area contributed by atoms with E-state index in [0.29, 0.717) is 5.94 Å². The minimum absolute atomic E-state index is 0.102. The molecule has 1 aliphatic heterocycles. The number of ether oxygens (including phenoxy) is 2. The second-order valence-corrected chi connectivity index (χ2v) is 5.13. The van der Waals surface area contributed by atoms with E-state index in [1.807, 2.05) is 6.26 Å². The summed E-state index contributed by atoms with van der Waals surface area (Å²) in [6.45, 7) is -0.367. The van der Waals surface area contributed by atoms with Crippen LogP contribution in [0.3, 0.4) is 0 Å². The summed E-state index contributed by atoms with van der Waals surface area (Å²) in [6.07, 6.45) is -0.176. The maximum atomic E-state index is 11.8. The average Bonchev–Trinajstić information content (AvgIpc) is 2.73. The SMILES string of the molecule is CSCOC1C(O)C(CO)OC1n1ccc(N)nc1=O. The molecule has 1 saturated heterocycles. The summed E-state index contributed by atoms with van der Waals surface area (Å²) >= 11 is 1.43. The summed E-state index contributed by atoms with van der Waals surface area (Å²) < 4.78 is 12.2. The van der Waals surface area contributed by atoms with Gasteiger partial charge in [0.05, 0.1) is 12.5 Å². The first kappa shape index (κ1) is 15.3. The molecule has 1 aromatic rings. The maximum Gasteiger partial charge on any atom is 0.351 e. The first-order valence-corrected chi connectivity index (χ1v) is 7.37. The number of hydrogen-bond donors (Lipinski definition) is 3. The zero-order valence-corrected chi connectivity index (χ0v) is 11.7. The van der Waals surface area contributed by atoms with Gasteiger partial charge in [-0.05, 0) is 12.3 Å². The highest BCUT2D eigenvalue weighted by Crippen LogP contribution is 2.31. The Labute approximate surface area is 119 Å². The van der Waals surface area contributed by atoms with Gasteiger partial charge in [0.2, 0.25) is 0 Å². The largest absolute Gasteiger partial charge is 0.394 e. The summed E-state index contributed by atoms with van der Waals surface area (Å²) in [5.74, 6) is 0.432. The van der Waals surface area contributed by atoms with Crippen LogP contribution in [0.15, 0.2) is 17.1 Å². The van der Waals surface area contributed by atoms with Crippen molar-refractivity contribution in [3.63, 3.8) is 0 Å². The fourth-order valence-electron chi connectivity index (χ4n) is 2.04. The van der Waals surface area contributed by atoms with E-state index in [-0.39, 0.29) is 12.4 Å². The van der Waals surface area contributed by atoms with E-state index in [1.54, 1.807) is 0 Å². The number of rotatable bonds is 5. The van der Waals surface area contributed by atoms with Gasteiger partial charge in [0.15, 0.2) is 6.23 Å². The summed E-state index contributed by atoms with van der Waals surface area (Å²) in [7, 11) is 0. The first-order chi connectivity index (χ1) is 9.58. The van der Waals surface area contributed by atoms with Gasteiger partial charge in [-0.2, -0.15) is 4.98 Å². The Balaban J connectivity index is 2.29. The number of anilines is 1. The second-order valence-electron chi connectivity index (χ2n) is 4.32. The Bertz CT molecular complexity index is 511. The van der Waals surface area contributed by atoms with Gasteiger partial charge < -0.3 is 25.4 Å². The summed E-state index contributed by atoms with van der Waals surface area (Å²) in [6, 6.07) is 1.45. The molecule has 0 aromatic carbocycles. The highest BCUT2D eigenvalue weighted by molar-refractivity contribution is 7.98. The molecule has 2 rings (SSSR count). The Morgan fingerprint density at radius 1 is 1.65 bits per heavy atom. The highest BCUT2D eigenvalue weighted by atomic mass is 32.2. The summed E-state index contributed by atoms with van der Waals surface area (Å²) in [5.41, 5.74) is 4.83. The van der Waals surface area contributed by atoms with Crippen molar-refractivity contribution in [3.05, 3.63) is 22.7 Å². The molecule has 0 radical (unpaired) electrons. The van der Waals surface area contributed by atoms with E-state index in [9.17, 15) is 15.0 Å². The van der Waals surface area contributed by atoms with E-state index >= 15 is 0 Å². The summed E-state index contributed by atoms with van der Waals surface area (Å²) in [5, 5.41) is 19.3. The van der Waals surface area contributed by atoms with Gasteiger partial charge in [-0.1, -0.05) is 0 Å². The van der Waals surface area contributed by atoms with Gasteiger partial charge in [0, 0.05) is 6.20 Å². The third kappa shape index (κ3) is 2.96. The number of aliphatic hydroxyl groups excluding tert-OH is 2. The van der Waals surface area contributed by atoms with Crippen molar-refractivity contribution in [1.29, 1.82) is 0 Å². The molecule has 1 aromatic heterocycles. The molecule has 0 aliphatic carbocycles.